The summed E-state index contributed by atoms with van der Waals surface area (Å²) in [5, 5.41) is 1.29. The summed E-state index contributed by atoms with van der Waals surface area (Å²) in [6.45, 7) is 4.46. The molecular weight excluding hydrogens is 209 g/mol. The van der Waals surface area contributed by atoms with Gasteiger partial charge in [-0.25, -0.2) is 0 Å². The van der Waals surface area contributed by atoms with E-state index in [1.54, 1.807) is 0 Å². The van der Waals surface area contributed by atoms with E-state index >= 15 is 0 Å². The van der Waals surface area contributed by atoms with Crippen LogP contribution in [0.3, 0.4) is 0 Å². The van der Waals surface area contributed by atoms with Crippen molar-refractivity contribution in [2.45, 2.75) is 24.4 Å². The Balaban J connectivity index is 4.17. The van der Waals surface area contributed by atoms with Gasteiger partial charge in [0.1, 0.15) is 0 Å². The van der Waals surface area contributed by atoms with E-state index < -0.39 is 13.9 Å². The second kappa shape index (κ2) is 5.18. The van der Waals surface area contributed by atoms with Crippen molar-refractivity contribution in [3.05, 3.63) is 0 Å². The van der Waals surface area contributed by atoms with Crippen LogP contribution in [-0.2, 0) is 17.1 Å². The summed E-state index contributed by atoms with van der Waals surface area (Å²) < 4.78 is 9.64. The summed E-state index contributed by atoms with van der Waals surface area (Å²) in [4.78, 5) is 20.1. The van der Waals surface area contributed by atoms with Gasteiger partial charge in [0.2, 0.25) is 0 Å². The fourth-order valence-corrected chi connectivity index (χ4v) is 4.09. The van der Waals surface area contributed by atoms with Gasteiger partial charge in [0, 0.05) is 0 Å². The van der Waals surface area contributed by atoms with Crippen molar-refractivity contribution in [1.82, 2.24) is 0 Å². The summed E-state index contributed by atoms with van der Waals surface area (Å²) in [5.41, 5.74) is 0. The van der Waals surface area contributed by atoms with Gasteiger partial charge in [0.15, 0.2) is 0 Å². The third-order valence-electron chi connectivity index (χ3n) is 1.60. The van der Waals surface area contributed by atoms with Crippen LogP contribution >= 0.6 is 0 Å². The van der Waals surface area contributed by atoms with E-state index in [9.17, 15) is 9.59 Å². The quantitative estimate of drug-likeness (QED) is 0.491. The van der Waals surface area contributed by atoms with E-state index in [1.165, 1.54) is 0 Å². The molecule has 0 spiro atoms. The predicted molar refractivity (Wildman–Crippen MR) is 41.0 cm³/mol. The van der Waals surface area contributed by atoms with Crippen molar-refractivity contribution in [3.63, 3.8) is 0 Å². The molecule has 64 valence electrons. The van der Waals surface area contributed by atoms with Crippen molar-refractivity contribution >= 4 is 26.9 Å². The van der Waals surface area contributed by atoms with Crippen LogP contribution in [0.2, 0.25) is 10.5 Å². The number of hydrogen-bond donors (Lipinski definition) is 0. The van der Waals surface area contributed by atoms with Gasteiger partial charge in [-0.2, -0.15) is 0 Å². The Hall–Kier alpha value is -0.517. The van der Waals surface area contributed by atoms with Gasteiger partial charge in [-0.15, -0.1) is 0 Å². The third-order valence-corrected chi connectivity index (χ3v) is 8.33. The van der Waals surface area contributed by atoms with Gasteiger partial charge < -0.3 is 0 Å². The van der Waals surface area contributed by atoms with Gasteiger partial charge in [0.05, 0.1) is 0 Å². The maximum absolute atomic E-state index is 10.0. The molecule has 0 aliphatic carbocycles. The Morgan fingerprint density at radius 3 is 1.64 bits per heavy atom. The van der Waals surface area contributed by atoms with E-state index in [0.29, 0.717) is 23.5 Å². The summed E-state index contributed by atoms with van der Waals surface area (Å²) in [5.74, 6) is 0. The molecule has 0 bridgehead atoms. The third kappa shape index (κ3) is 2.92. The maximum atomic E-state index is 10.0. The molecule has 4 nitrogen and oxygen atoms in total. The van der Waals surface area contributed by atoms with Crippen LogP contribution < -0.4 is 0 Å². The average molecular weight is 221 g/mol. The second-order valence-electron chi connectivity index (χ2n) is 2.05. The molecule has 0 fully saturated rings. The zero-order valence-corrected chi connectivity index (χ0v) is 8.80. The van der Waals surface area contributed by atoms with Crippen LogP contribution in [0.4, 0.5) is 0 Å². The van der Waals surface area contributed by atoms with Crippen molar-refractivity contribution in [2.75, 3.05) is 0 Å². The van der Waals surface area contributed by atoms with E-state index in [2.05, 4.69) is 0 Å². The van der Waals surface area contributed by atoms with Crippen LogP contribution in [-0.4, -0.2) is 26.9 Å². The SMILES string of the molecule is C[CH2][Ge]([CH2]C)([O]C=O)[O]C=O. The summed E-state index contributed by atoms with van der Waals surface area (Å²) in [7, 11) is 0. The number of hydrogen-bond acceptors (Lipinski definition) is 4. The molecule has 0 heterocycles. The van der Waals surface area contributed by atoms with E-state index in [0.717, 1.165) is 0 Å². The van der Waals surface area contributed by atoms with Gasteiger partial charge in [-0.1, -0.05) is 0 Å². The second-order valence-corrected chi connectivity index (χ2v) is 9.82. The molecule has 0 saturated carbocycles. The average Bonchev–Trinajstić information content (AvgIpc) is 2.04. The summed E-state index contributed by atoms with van der Waals surface area (Å²) in [6.07, 6.45) is 0. The van der Waals surface area contributed by atoms with Crippen molar-refractivity contribution < 1.29 is 17.1 Å². The first-order chi connectivity index (χ1) is 5.24. The van der Waals surface area contributed by atoms with Crippen LogP contribution in [0, 0.1) is 0 Å². The van der Waals surface area contributed by atoms with Crippen molar-refractivity contribution in [2.24, 2.45) is 0 Å². The molecule has 0 unspecified atom stereocenters. The number of carbonyl (C=O) groups excluding carboxylic acids is 2. The van der Waals surface area contributed by atoms with Crippen molar-refractivity contribution in [1.29, 1.82) is 0 Å². The Kier molecular flexibility index (Phi) is 4.93. The van der Waals surface area contributed by atoms with Crippen LogP contribution in [0.1, 0.15) is 13.8 Å². The Morgan fingerprint density at radius 1 is 1.09 bits per heavy atom. The number of rotatable bonds is 6. The normalized spacial score (nSPS) is 10.4. The molecule has 0 N–H and O–H groups in total. The first-order valence-corrected chi connectivity index (χ1v) is 8.15. The minimum absolute atomic E-state index is 0.372. The first kappa shape index (κ1) is 10.5. The molecule has 0 amide bonds. The van der Waals surface area contributed by atoms with Gasteiger partial charge >= 0.3 is 68.4 Å². The Morgan fingerprint density at radius 2 is 1.45 bits per heavy atom. The molecule has 0 aromatic heterocycles. The molecule has 11 heavy (non-hydrogen) atoms. The number of carbonyl (C=O) groups is 2. The molecule has 0 aliphatic heterocycles. The molecule has 0 saturated heterocycles. The van der Waals surface area contributed by atoms with Crippen LogP contribution in [0.25, 0.3) is 0 Å². The monoisotopic (exact) mass is 222 g/mol. The zero-order chi connectivity index (χ0) is 8.74. The van der Waals surface area contributed by atoms with Crippen molar-refractivity contribution in [3.8, 4) is 0 Å². The molecule has 0 rings (SSSR count). The van der Waals surface area contributed by atoms with Gasteiger partial charge in [-0.3, -0.25) is 0 Å². The van der Waals surface area contributed by atoms with Gasteiger partial charge in [-0.05, 0) is 0 Å². The minimum atomic E-state index is -2.98. The van der Waals surface area contributed by atoms with E-state index in [1.807, 2.05) is 13.8 Å². The Bertz CT molecular complexity index is 121. The summed E-state index contributed by atoms with van der Waals surface area (Å²) >= 11 is -2.98. The fourth-order valence-electron chi connectivity index (χ4n) is 0.786. The Labute approximate surface area is 68.9 Å². The standard InChI is InChI=1S/C6H12GeO4/c1-3-7(4-2,10-5-8)11-6-9/h5-6H,3-4H2,1-2H3. The first-order valence-electron chi connectivity index (χ1n) is 3.47. The van der Waals surface area contributed by atoms with Crippen LogP contribution in [0.15, 0.2) is 0 Å². The molecule has 0 aromatic rings. The molecule has 0 radical (unpaired) electrons. The molecular formula is C6H12GeO4. The molecule has 0 atom stereocenters. The molecule has 0 aromatic carbocycles. The predicted octanol–water partition coefficient (Wildman–Crippen LogP) is 0.814. The fraction of sp³-hybridized carbons (Fsp3) is 0.667. The van der Waals surface area contributed by atoms with Gasteiger partial charge in [0.25, 0.3) is 0 Å². The van der Waals surface area contributed by atoms with E-state index in [-0.39, 0.29) is 0 Å². The topological polar surface area (TPSA) is 52.6 Å². The van der Waals surface area contributed by atoms with E-state index in [4.69, 9.17) is 7.53 Å². The zero-order valence-electron chi connectivity index (χ0n) is 6.70. The van der Waals surface area contributed by atoms with Crippen LogP contribution in [0.5, 0.6) is 0 Å². The molecule has 5 heteroatoms. The summed E-state index contributed by atoms with van der Waals surface area (Å²) in [6, 6.07) is 0. The molecule has 0 aliphatic rings.